The second kappa shape index (κ2) is 58.6. The molecule has 3 heterocycles. The monoisotopic (exact) mass is 1750 g/mol. The molecule has 0 saturated carbocycles. The molecule has 0 unspecified atom stereocenters. The number of ether oxygens (including phenoxy) is 9. The first kappa shape index (κ1) is 111. The number of aliphatic carboxylic acids is 2. The van der Waals surface area contributed by atoms with Crippen LogP contribution in [0.5, 0.6) is 0 Å². The number of carbonyl (C=O) groups is 11. The number of rotatable bonds is 47. The highest BCUT2D eigenvalue weighted by molar-refractivity contribution is 5.98. The molecular weight excluding hydrogens is 1610 g/mol. The maximum absolute atomic E-state index is 13.2. The van der Waals surface area contributed by atoms with Crippen LogP contribution >= 0.6 is 0 Å². The van der Waals surface area contributed by atoms with Crippen molar-refractivity contribution in [2.45, 2.75) is 209 Å². The Balaban J connectivity index is 0.000000393. The summed E-state index contributed by atoms with van der Waals surface area (Å²) in [5.74, 6) is -3.99. The van der Waals surface area contributed by atoms with Crippen molar-refractivity contribution in [2.24, 2.45) is 76.6 Å². The molecule has 3 aliphatic heterocycles. The molecule has 6 aromatic rings. The van der Waals surface area contributed by atoms with E-state index in [1.807, 2.05) is 217 Å². The van der Waals surface area contributed by atoms with E-state index in [0.717, 1.165) is 46.2 Å². The number of hydrogen-bond acceptors (Lipinski definition) is 22. The molecule has 126 heavy (non-hydrogen) atoms. The molecule has 7 N–H and O–H groups in total. The molecule has 0 spiro atoms. The number of nitrogens with two attached hydrogens (primary N) is 2. The lowest BCUT2D eigenvalue weighted by atomic mass is 9.88. The summed E-state index contributed by atoms with van der Waals surface area (Å²) in [4.78, 5) is 132. The Morgan fingerprint density at radius 3 is 0.968 bits per heavy atom. The highest BCUT2D eigenvalue weighted by Crippen LogP contribution is 2.33. The van der Waals surface area contributed by atoms with E-state index in [-0.39, 0.29) is 133 Å². The van der Waals surface area contributed by atoms with E-state index in [0.29, 0.717) is 83.6 Å². The molecule has 14 atom stereocenters. The van der Waals surface area contributed by atoms with Crippen molar-refractivity contribution in [1.29, 1.82) is 0 Å². The first-order valence-electron chi connectivity index (χ1n) is 43.6. The third-order valence-electron chi connectivity index (χ3n) is 21.1. The van der Waals surface area contributed by atoms with Gasteiger partial charge in [-0.25, -0.2) is 0 Å². The molecule has 25 nitrogen and oxygen atoms in total. The van der Waals surface area contributed by atoms with Gasteiger partial charge in [0, 0.05) is 77.3 Å². The number of amides is 1. The van der Waals surface area contributed by atoms with Crippen molar-refractivity contribution < 1.29 is 106 Å². The molecule has 3 fully saturated rings. The fourth-order valence-electron chi connectivity index (χ4n) is 13.2. The van der Waals surface area contributed by atoms with Crippen LogP contribution in [0.4, 0.5) is 0 Å². The molecule has 0 aliphatic carbocycles. The summed E-state index contributed by atoms with van der Waals surface area (Å²) in [5.41, 5.74) is 15.6. The fraction of sp³-hybridized carbons (Fsp3) is 0.535. The summed E-state index contributed by atoms with van der Waals surface area (Å²) < 4.78 is 45.8. The Labute approximate surface area is 747 Å². The van der Waals surface area contributed by atoms with Crippen LogP contribution in [0.3, 0.4) is 0 Å². The fourth-order valence-corrected chi connectivity index (χ4v) is 13.2. The van der Waals surface area contributed by atoms with Crippen molar-refractivity contribution in [3.63, 3.8) is 0 Å². The first-order valence-corrected chi connectivity index (χ1v) is 43.6. The lowest BCUT2D eigenvalue weighted by Gasteiger charge is -2.25. The Kier molecular flexibility index (Phi) is 51.4. The minimum atomic E-state index is -0.929. The van der Waals surface area contributed by atoms with Crippen molar-refractivity contribution in [2.75, 3.05) is 74.7 Å². The van der Waals surface area contributed by atoms with Crippen LogP contribution in [0.15, 0.2) is 182 Å². The van der Waals surface area contributed by atoms with Crippen LogP contribution in [0, 0.1) is 65.1 Å². The highest BCUT2D eigenvalue weighted by atomic mass is 16.6. The van der Waals surface area contributed by atoms with E-state index in [4.69, 9.17) is 54.5 Å². The normalized spacial score (nSPS) is 18.2. The van der Waals surface area contributed by atoms with Crippen molar-refractivity contribution in [3.05, 3.63) is 215 Å². The summed E-state index contributed by atoms with van der Waals surface area (Å²) in [6.07, 6.45) is 4.37. The van der Waals surface area contributed by atoms with Gasteiger partial charge in [-0.15, -0.1) is 0 Å². The number of Topliss-reactive ketones (excluding diaryl/α,β-unsaturated/α-hetero) is 6. The third kappa shape index (κ3) is 44.7. The van der Waals surface area contributed by atoms with Crippen LogP contribution in [0.2, 0.25) is 0 Å². The van der Waals surface area contributed by atoms with E-state index in [1.54, 1.807) is 48.8 Å². The Morgan fingerprint density at radius 2 is 0.643 bits per heavy atom. The van der Waals surface area contributed by atoms with Crippen LogP contribution in [0.25, 0.3) is 0 Å². The van der Waals surface area contributed by atoms with Gasteiger partial charge in [0.05, 0.1) is 76.1 Å². The number of carboxylic acid groups (broad SMARTS) is 2. The predicted octanol–water partition coefficient (Wildman–Crippen LogP) is 14.4. The average Bonchev–Trinajstić information content (AvgIpc) is 1.64. The molecular formula is C101H143N3O22. The molecule has 3 aliphatic rings. The lowest BCUT2D eigenvalue weighted by molar-refractivity contribution is -0.152. The summed E-state index contributed by atoms with van der Waals surface area (Å²) in [7, 11) is 6.14. The van der Waals surface area contributed by atoms with E-state index in [9.17, 15) is 57.8 Å². The molecule has 3 saturated heterocycles. The number of hydrogen-bond donors (Lipinski definition) is 5. The third-order valence-corrected chi connectivity index (χ3v) is 21.1. The Bertz CT molecular complexity index is 4140. The molecule has 25 heteroatoms. The van der Waals surface area contributed by atoms with Crippen LogP contribution in [-0.2, 0) is 134 Å². The highest BCUT2D eigenvalue weighted by Gasteiger charge is 2.51. The van der Waals surface area contributed by atoms with Crippen molar-refractivity contribution in [1.82, 2.24) is 5.32 Å². The van der Waals surface area contributed by atoms with E-state index >= 15 is 0 Å². The Morgan fingerprint density at radius 1 is 0.349 bits per heavy atom. The number of carboxylic acids is 2. The summed E-state index contributed by atoms with van der Waals surface area (Å²) >= 11 is 0. The van der Waals surface area contributed by atoms with Gasteiger partial charge in [-0.05, 0) is 124 Å². The molecule has 0 aromatic heterocycles. The van der Waals surface area contributed by atoms with Crippen LogP contribution in [0.1, 0.15) is 169 Å². The van der Waals surface area contributed by atoms with Gasteiger partial charge in [-0.2, -0.15) is 0 Å². The number of nitrogens with one attached hydrogen (secondary N) is 1. The maximum atomic E-state index is 13.2. The second-order valence-corrected chi connectivity index (χ2v) is 34.9. The topological polar surface area (TPSA) is 385 Å². The van der Waals surface area contributed by atoms with Gasteiger partial charge in [-0.1, -0.05) is 251 Å². The zero-order valence-corrected chi connectivity index (χ0v) is 77.6. The number of ketones is 6. The number of esters is 2. The zero-order chi connectivity index (χ0) is 94.1. The minimum absolute atomic E-state index is 0.0165. The van der Waals surface area contributed by atoms with Gasteiger partial charge in [0.15, 0.2) is 17.3 Å². The smallest absolute Gasteiger partial charge is 0.323 e. The van der Waals surface area contributed by atoms with E-state index in [1.165, 1.54) is 14.2 Å². The number of benzene rings is 6. The molecule has 0 radical (unpaired) electrons. The predicted molar refractivity (Wildman–Crippen MR) is 485 cm³/mol. The quantitative estimate of drug-likeness (QED) is 0.0175. The number of carbonyl (C=O) groups excluding carboxylic acids is 9. The SMILES string of the molecule is CC(C)C[C@H](C)C(=O)[C@@]1(C)CO1.CC(C)C[C@H](N)C(=O)[C@@]1(C)CO1.COC[C@H](C)C(=O)C[C@@H](Cc1ccccc1)C(=O)N[C@@H](CC(C)C)C(=O)[C@@]1(C)CO1.COC[C@H](C)C(=O)C[C@@H](Cc1ccccc1)C(=O)O.COC[C@H](C)C(=O)C[C@@H](Cc1ccccc1)C(=O)OCc1ccccc1.COC[C@H](C)C(=O)O.N[C@@H](Cc1ccccc1)C(=O)OCc1ccccc1. The van der Waals surface area contributed by atoms with Gasteiger partial charge in [0.25, 0.3) is 0 Å². The summed E-state index contributed by atoms with van der Waals surface area (Å²) in [6, 6.07) is 55.9. The van der Waals surface area contributed by atoms with Gasteiger partial charge < -0.3 is 69.6 Å². The summed E-state index contributed by atoms with van der Waals surface area (Å²) in [6.45, 7) is 30.2. The first-order chi connectivity index (χ1) is 59.6. The van der Waals surface area contributed by atoms with Crippen LogP contribution in [-0.4, -0.2) is 184 Å². The van der Waals surface area contributed by atoms with Gasteiger partial charge in [0.1, 0.15) is 53.4 Å². The summed E-state index contributed by atoms with van der Waals surface area (Å²) in [5, 5.41) is 20.4. The Hall–Kier alpha value is -9.67. The molecule has 1 amide bonds. The zero-order valence-electron chi connectivity index (χ0n) is 77.6. The van der Waals surface area contributed by atoms with E-state index < -0.39 is 58.6 Å². The second-order valence-electron chi connectivity index (χ2n) is 34.9. The van der Waals surface area contributed by atoms with Gasteiger partial charge >= 0.3 is 23.9 Å². The average molecular weight is 1750 g/mol. The number of epoxide rings is 3. The molecule has 694 valence electrons. The molecule has 6 aromatic carbocycles. The largest absolute Gasteiger partial charge is 0.481 e. The van der Waals surface area contributed by atoms with Crippen molar-refractivity contribution in [3.8, 4) is 0 Å². The maximum Gasteiger partial charge on any atom is 0.323 e. The van der Waals surface area contributed by atoms with Gasteiger partial charge in [-0.3, -0.25) is 52.7 Å². The van der Waals surface area contributed by atoms with Crippen molar-refractivity contribution >= 4 is 64.5 Å². The number of methoxy groups -OCH3 is 4. The lowest BCUT2D eigenvalue weighted by Crippen LogP contribution is -2.49. The minimum Gasteiger partial charge on any atom is -0.481 e. The molecule has 0 bridgehead atoms. The van der Waals surface area contributed by atoms with Gasteiger partial charge in [0.2, 0.25) is 5.91 Å². The van der Waals surface area contributed by atoms with Crippen LogP contribution < -0.4 is 16.8 Å². The molecule has 9 rings (SSSR count). The standard InChI is InChI=1S/C24H35NO5.C22H26O4.C16H17NO2.C15H20O4.C10H18O2.C9H17NO2.C5H10O3/c1-16(2)11-20(22(27)24(4)15-30-24)25-23(28)19(12-18-9-7-6-8-10-18)13-21(26)17(3)14-29-5;1-17(15-25-2)21(23)14-20(13-18-9-5-3-6-10-18)22(24)26-16-19-11-7-4-8-12-19;17-15(11-13-7-3-1-4-8-13)16(18)19-12-14-9-5-2-6-10-14;1-11(10-19-2)14(16)9-13(15(17)18)8-12-6-4-3-5-7-12;1-7(2)5-8(3)9(11)10(4)6-12-10;1-6(2)4-7(10)8(11)9(3)5-12-9;1-4(3-8-2)5(6)7/h6-10,16-17,19-20H,11-15H2,1-5H3,(H,25,28);3-12,17,20H,13-16H2,1-2H3;1-10,15H,11-12,17H2;3-7,11,13H,8-10H2,1-2H3,(H,17,18);7-8H,5-6H2,1-4H3;6-7H,4-5,10H2,1-3H3;4H,3H2,1-2H3,(H,6,7)/t17-,19+,20-,24+;17-,20+;15-;11-,13+;8-,10+;7-,9+;4-/m0000000/s1. The van der Waals surface area contributed by atoms with E-state index in [2.05, 4.69) is 37.7 Å².